The van der Waals surface area contributed by atoms with Crippen molar-refractivity contribution in [3.05, 3.63) is 113 Å². The number of anilines is 1. The third-order valence-electron chi connectivity index (χ3n) is 6.61. The molecule has 8 heteroatoms. The lowest BCUT2D eigenvalue weighted by atomic mass is 10.0. The molecule has 0 unspecified atom stereocenters. The Morgan fingerprint density at radius 2 is 1.95 bits per heavy atom. The molecule has 0 radical (unpaired) electrons. The van der Waals surface area contributed by atoms with Gasteiger partial charge < -0.3 is 20.1 Å². The van der Waals surface area contributed by atoms with Crippen LogP contribution in [-0.4, -0.2) is 32.0 Å². The zero-order valence-electron chi connectivity index (χ0n) is 20.7. The molecular weight excluding hydrogens is 502 g/mol. The first-order valence-corrected chi connectivity index (χ1v) is 13.0. The number of halogens is 1. The minimum Gasteiger partial charge on any atom is -0.352 e. The molecule has 5 rings (SSSR count). The Balaban J connectivity index is 1.44. The lowest BCUT2D eigenvalue weighted by Crippen LogP contribution is -2.33. The third kappa shape index (κ3) is 5.38. The van der Waals surface area contributed by atoms with E-state index in [0.29, 0.717) is 23.1 Å². The van der Waals surface area contributed by atoms with E-state index in [2.05, 4.69) is 31.2 Å². The van der Waals surface area contributed by atoms with Crippen LogP contribution in [0.5, 0.6) is 0 Å². The molecule has 4 aromatic rings. The summed E-state index contributed by atoms with van der Waals surface area (Å²) in [6.07, 6.45) is 4.09. The average Bonchev–Trinajstić information content (AvgIpc) is 3.49. The third-order valence-corrected chi connectivity index (χ3v) is 7.20. The summed E-state index contributed by atoms with van der Waals surface area (Å²) in [5.41, 5.74) is 5.84. The molecule has 0 bridgehead atoms. The molecule has 0 spiro atoms. The highest BCUT2D eigenvalue weighted by Crippen LogP contribution is 2.39. The van der Waals surface area contributed by atoms with Gasteiger partial charge in [-0.2, -0.15) is 0 Å². The van der Waals surface area contributed by atoms with Gasteiger partial charge in [0.2, 0.25) is 5.91 Å². The molecule has 1 amide bonds. The lowest BCUT2D eigenvalue weighted by Gasteiger charge is -2.29. The van der Waals surface area contributed by atoms with Crippen LogP contribution < -0.4 is 10.6 Å². The Morgan fingerprint density at radius 1 is 1.08 bits per heavy atom. The van der Waals surface area contributed by atoms with Crippen LogP contribution in [0, 0.1) is 13.8 Å². The molecule has 1 saturated heterocycles. The van der Waals surface area contributed by atoms with Crippen molar-refractivity contribution in [2.24, 2.45) is 0 Å². The number of rotatable bonds is 7. The van der Waals surface area contributed by atoms with E-state index in [0.717, 1.165) is 33.9 Å². The highest BCUT2D eigenvalue weighted by Gasteiger charge is 2.41. The van der Waals surface area contributed by atoms with Gasteiger partial charge in [0.1, 0.15) is 0 Å². The molecule has 188 valence electrons. The summed E-state index contributed by atoms with van der Waals surface area (Å²) < 4.78 is 2.12. The van der Waals surface area contributed by atoms with Gasteiger partial charge in [-0.1, -0.05) is 35.9 Å². The van der Waals surface area contributed by atoms with Crippen molar-refractivity contribution >= 4 is 40.5 Å². The van der Waals surface area contributed by atoms with Crippen LogP contribution in [0.25, 0.3) is 5.69 Å². The number of hydrogen-bond acceptors (Lipinski definition) is 3. The van der Waals surface area contributed by atoms with Crippen molar-refractivity contribution < 1.29 is 4.79 Å². The molecule has 2 atom stereocenters. The predicted molar refractivity (Wildman–Crippen MR) is 152 cm³/mol. The number of nitrogens with one attached hydrogen (secondary N) is 2. The Bertz CT molecular complexity index is 1440. The summed E-state index contributed by atoms with van der Waals surface area (Å²) >= 11 is 12.1. The van der Waals surface area contributed by atoms with E-state index in [-0.39, 0.29) is 18.0 Å². The fraction of sp³-hybridized carbons (Fsp3) is 0.207. The molecule has 1 aliphatic heterocycles. The zero-order valence-corrected chi connectivity index (χ0v) is 22.3. The molecule has 3 heterocycles. The maximum absolute atomic E-state index is 13.0. The van der Waals surface area contributed by atoms with E-state index < -0.39 is 0 Å². The summed E-state index contributed by atoms with van der Waals surface area (Å²) in [6, 6.07) is 23.4. The van der Waals surface area contributed by atoms with Crippen LogP contribution in [-0.2, 0) is 4.79 Å². The minimum atomic E-state index is -0.177. The van der Waals surface area contributed by atoms with Crippen molar-refractivity contribution in [1.82, 2.24) is 19.8 Å². The number of thiocarbonyl (C=S) groups is 1. The van der Waals surface area contributed by atoms with Crippen molar-refractivity contribution in [3.63, 3.8) is 0 Å². The van der Waals surface area contributed by atoms with E-state index in [4.69, 9.17) is 23.8 Å². The summed E-state index contributed by atoms with van der Waals surface area (Å²) in [4.78, 5) is 19.7. The molecule has 37 heavy (non-hydrogen) atoms. The van der Waals surface area contributed by atoms with E-state index >= 15 is 0 Å². The van der Waals surface area contributed by atoms with Crippen LogP contribution >= 0.6 is 23.8 Å². The molecule has 2 aromatic heterocycles. The molecule has 2 N–H and O–H groups in total. The van der Waals surface area contributed by atoms with Gasteiger partial charge in [0.25, 0.3) is 0 Å². The number of nitrogens with zero attached hydrogens (tertiary/aromatic N) is 3. The molecule has 1 aliphatic rings. The van der Waals surface area contributed by atoms with Gasteiger partial charge in [0.15, 0.2) is 5.11 Å². The maximum Gasteiger partial charge on any atom is 0.226 e. The monoisotopic (exact) mass is 529 g/mol. The summed E-state index contributed by atoms with van der Waals surface area (Å²) in [6.45, 7) is 4.46. The lowest BCUT2D eigenvalue weighted by molar-refractivity contribution is -0.116. The van der Waals surface area contributed by atoms with Gasteiger partial charge in [0.05, 0.1) is 17.8 Å². The van der Waals surface area contributed by atoms with Gasteiger partial charge in [0, 0.05) is 47.5 Å². The summed E-state index contributed by atoms with van der Waals surface area (Å²) in [5, 5.41) is 7.79. The number of benzene rings is 2. The van der Waals surface area contributed by atoms with Crippen molar-refractivity contribution in [1.29, 1.82) is 0 Å². The van der Waals surface area contributed by atoms with Crippen LogP contribution in [0.1, 0.15) is 41.0 Å². The smallest absolute Gasteiger partial charge is 0.226 e. The van der Waals surface area contributed by atoms with Gasteiger partial charge in [-0.15, -0.1) is 0 Å². The molecule has 0 aliphatic carbocycles. The average molecular weight is 530 g/mol. The largest absolute Gasteiger partial charge is 0.352 e. The van der Waals surface area contributed by atoms with Crippen LogP contribution in [0.15, 0.2) is 85.2 Å². The van der Waals surface area contributed by atoms with Gasteiger partial charge in [-0.25, -0.2) is 0 Å². The van der Waals surface area contributed by atoms with Gasteiger partial charge >= 0.3 is 0 Å². The van der Waals surface area contributed by atoms with Gasteiger partial charge in [-0.3, -0.25) is 9.78 Å². The topological polar surface area (TPSA) is 62.2 Å². The highest BCUT2D eigenvalue weighted by molar-refractivity contribution is 7.80. The highest BCUT2D eigenvalue weighted by atomic mass is 35.5. The second-order valence-electron chi connectivity index (χ2n) is 9.22. The standard InChI is InChI=1S/C29H28ClN5OS/c1-19-11-12-20(2)24(17-19)32-26(36)13-16-35-28(27(33-29(35)37)23-9-3-4-14-31-23)25-10-6-15-34(25)22-8-5-7-21(30)18-22/h3-12,14-15,17-18,27-28H,13,16H2,1-2H3,(H,32,36)(H,33,37)/t27-,28-/m0/s1. The van der Waals surface area contributed by atoms with E-state index in [1.165, 1.54) is 0 Å². The quantitative estimate of drug-likeness (QED) is 0.281. The second kappa shape index (κ2) is 10.7. The predicted octanol–water partition coefficient (Wildman–Crippen LogP) is 6.14. The Kier molecular flexibility index (Phi) is 7.26. The zero-order chi connectivity index (χ0) is 25.9. The first-order valence-electron chi connectivity index (χ1n) is 12.2. The van der Waals surface area contributed by atoms with Crippen molar-refractivity contribution in [2.45, 2.75) is 32.4 Å². The van der Waals surface area contributed by atoms with Crippen molar-refractivity contribution in [3.8, 4) is 5.69 Å². The first-order chi connectivity index (χ1) is 17.9. The minimum absolute atomic E-state index is 0.0539. The number of amides is 1. The molecule has 1 fully saturated rings. The number of carbonyl (C=O) groups excluding carboxylic acids is 1. The fourth-order valence-corrected chi connectivity index (χ4v) is 5.29. The number of aromatic nitrogens is 2. The number of hydrogen-bond donors (Lipinski definition) is 2. The molecule has 6 nitrogen and oxygen atoms in total. The van der Waals surface area contributed by atoms with E-state index in [9.17, 15) is 4.79 Å². The SMILES string of the molecule is Cc1ccc(C)c(NC(=O)CCN2C(=S)N[C@@H](c3ccccn3)[C@@H]2c2cccn2-c2cccc(Cl)c2)c1. The second-order valence-corrected chi connectivity index (χ2v) is 10.0. The molecule has 2 aromatic carbocycles. The Morgan fingerprint density at radius 3 is 2.73 bits per heavy atom. The van der Waals surface area contributed by atoms with Crippen LogP contribution in [0.2, 0.25) is 5.02 Å². The van der Waals surface area contributed by atoms with Gasteiger partial charge in [-0.05, 0) is 85.7 Å². The summed E-state index contributed by atoms with van der Waals surface area (Å²) in [5.74, 6) is -0.0539. The first kappa shape index (κ1) is 25.0. The van der Waals surface area contributed by atoms with E-state index in [1.54, 1.807) is 6.20 Å². The molecule has 0 saturated carbocycles. The number of carbonyl (C=O) groups is 1. The maximum atomic E-state index is 13.0. The fourth-order valence-electron chi connectivity index (χ4n) is 4.77. The number of pyridine rings is 1. The molecular formula is C29H28ClN5OS. The Hall–Kier alpha value is -3.68. The van der Waals surface area contributed by atoms with Crippen molar-refractivity contribution in [2.75, 3.05) is 11.9 Å². The Labute approximate surface area is 227 Å². The normalized spacial score (nSPS) is 17.1. The van der Waals surface area contributed by atoms with Crippen LogP contribution in [0.4, 0.5) is 5.69 Å². The van der Waals surface area contributed by atoms with E-state index in [1.807, 2.05) is 86.8 Å². The van der Waals surface area contributed by atoms with Crippen LogP contribution in [0.3, 0.4) is 0 Å². The summed E-state index contributed by atoms with van der Waals surface area (Å²) in [7, 11) is 0. The number of aryl methyl sites for hydroxylation is 2.